The van der Waals surface area contributed by atoms with Crippen molar-refractivity contribution in [3.63, 3.8) is 0 Å². The molecule has 1 heterocycles. The van der Waals surface area contributed by atoms with Crippen LogP contribution in [0.5, 0.6) is 0 Å². The van der Waals surface area contributed by atoms with Gasteiger partial charge in [-0.15, -0.1) is 0 Å². The topological polar surface area (TPSA) is 79.3 Å². The second kappa shape index (κ2) is 4.70. The summed E-state index contributed by atoms with van der Waals surface area (Å²) in [4.78, 5) is 23.7. The lowest BCUT2D eigenvalue weighted by molar-refractivity contribution is -0.141. The van der Waals surface area contributed by atoms with Gasteiger partial charge in [-0.3, -0.25) is 4.79 Å². The van der Waals surface area contributed by atoms with Crippen LogP contribution in [0, 0.1) is 0 Å². The Balaban J connectivity index is 3.13. The first-order valence-corrected chi connectivity index (χ1v) is 5.18. The summed E-state index contributed by atoms with van der Waals surface area (Å²) in [5, 5.41) is 10.3. The van der Waals surface area contributed by atoms with E-state index in [1.165, 1.54) is 6.92 Å². The molecule has 0 aromatic carbocycles. The lowest BCUT2D eigenvalue weighted by Gasteiger charge is -2.02. The van der Waals surface area contributed by atoms with Crippen molar-refractivity contribution in [2.75, 3.05) is 5.32 Å². The smallest absolute Gasteiger partial charge is 0.435 e. The molecule has 2 N–H and O–H groups in total. The summed E-state index contributed by atoms with van der Waals surface area (Å²) in [5.41, 5.74) is -1.50. The number of aromatic nitrogens is 1. The van der Waals surface area contributed by atoms with E-state index in [4.69, 9.17) is 5.11 Å². The molecule has 0 atom stereocenters. The minimum Gasteiger partial charge on any atom is -0.477 e. The fourth-order valence-corrected chi connectivity index (χ4v) is 1.76. The van der Waals surface area contributed by atoms with Gasteiger partial charge in [0.05, 0.1) is 0 Å². The van der Waals surface area contributed by atoms with E-state index in [2.05, 4.69) is 10.3 Å². The highest BCUT2D eigenvalue weighted by molar-refractivity contribution is 7.17. The molecule has 1 rings (SSSR count). The summed E-state index contributed by atoms with van der Waals surface area (Å²) in [6.07, 6.45) is -4.80. The molecule has 1 aromatic rings. The molecule has 17 heavy (non-hydrogen) atoms. The average Bonchev–Trinajstić information content (AvgIpc) is 2.61. The van der Waals surface area contributed by atoms with Crippen LogP contribution in [0.4, 0.5) is 18.3 Å². The molecule has 1 aromatic heterocycles. The average molecular weight is 268 g/mol. The van der Waals surface area contributed by atoms with Gasteiger partial charge in [-0.1, -0.05) is 18.3 Å². The van der Waals surface area contributed by atoms with Gasteiger partial charge in [0.1, 0.15) is 4.88 Å². The summed E-state index contributed by atoms with van der Waals surface area (Å²) in [5.74, 6) is -2.27. The van der Waals surface area contributed by atoms with E-state index in [-0.39, 0.29) is 22.9 Å². The molecule has 0 aliphatic rings. The number of carbonyl (C=O) groups excluding carboxylic acids is 1. The van der Waals surface area contributed by atoms with Gasteiger partial charge in [0.2, 0.25) is 5.91 Å². The number of alkyl halides is 3. The van der Waals surface area contributed by atoms with Crippen LogP contribution < -0.4 is 5.32 Å². The summed E-state index contributed by atoms with van der Waals surface area (Å²) in [7, 11) is 0. The molecule has 94 valence electrons. The fourth-order valence-electron chi connectivity index (χ4n) is 0.918. The van der Waals surface area contributed by atoms with Crippen molar-refractivity contribution in [2.24, 2.45) is 0 Å². The van der Waals surface area contributed by atoms with E-state index in [1.54, 1.807) is 0 Å². The zero-order valence-corrected chi connectivity index (χ0v) is 9.28. The Hall–Kier alpha value is -1.64. The van der Waals surface area contributed by atoms with Crippen LogP contribution in [0.25, 0.3) is 0 Å². The first-order valence-electron chi connectivity index (χ1n) is 4.36. The molecule has 5 nitrogen and oxygen atoms in total. The Morgan fingerprint density at radius 1 is 1.47 bits per heavy atom. The molecule has 0 spiro atoms. The summed E-state index contributed by atoms with van der Waals surface area (Å²) < 4.78 is 37.2. The third-order valence-electron chi connectivity index (χ3n) is 1.66. The number of amides is 1. The maximum absolute atomic E-state index is 12.4. The molecule has 0 saturated heterocycles. The van der Waals surface area contributed by atoms with E-state index in [9.17, 15) is 22.8 Å². The number of carboxylic acids is 1. The molecule has 0 bridgehead atoms. The number of halogens is 3. The van der Waals surface area contributed by atoms with Gasteiger partial charge in [0.25, 0.3) is 0 Å². The third kappa shape index (κ3) is 3.16. The van der Waals surface area contributed by atoms with Gasteiger partial charge in [0, 0.05) is 6.42 Å². The summed E-state index contributed by atoms with van der Waals surface area (Å²) in [6.45, 7) is 1.51. The maximum atomic E-state index is 12.4. The van der Waals surface area contributed by atoms with E-state index in [1.807, 2.05) is 0 Å². The predicted octanol–water partition coefficient (Wildman–Crippen LogP) is 2.21. The van der Waals surface area contributed by atoms with Gasteiger partial charge in [0.15, 0.2) is 10.8 Å². The van der Waals surface area contributed by atoms with Crippen molar-refractivity contribution < 1.29 is 27.9 Å². The van der Waals surface area contributed by atoms with E-state index >= 15 is 0 Å². The number of rotatable bonds is 3. The molecule has 1 amide bonds. The number of thiazole rings is 1. The van der Waals surface area contributed by atoms with Gasteiger partial charge in [-0.05, 0) is 0 Å². The van der Waals surface area contributed by atoms with E-state index < -0.39 is 28.6 Å². The Morgan fingerprint density at radius 3 is 2.41 bits per heavy atom. The molecule has 0 aliphatic carbocycles. The van der Waals surface area contributed by atoms with Crippen molar-refractivity contribution in [1.29, 1.82) is 0 Å². The van der Waals surface area contributed by atoms with Crippen LogP contribution in [-0.4, -0.2) is 22.0 Å². The Bertz CT molecular complexity index is 455. The Labute approximate surface area is 97.3 Å². The second-order valence-corrected chi connectivity index (χ2v) is 3.90. The van der Waals surface area contributed by atoms with Crippen molar-refractivity contribution in [3.05, 3.63) is 10.6 Å². The van der Waals surface area contributed by atoms with Crippen molar-refractivity contribution in [2.45, 2.75) is 19.5 Å². The number of nitrogens with one attached hydrogen (secondary N) is 1. The number of hydrogen-bond donors (Lipinski definition) is 2. The largest absolute Gasteiger partial charge is 0.477 e. The lowest BCUT2D eigenvalue weighted by atomic mass is 10.3. The SMILES string of the molecule is CCC(=O)Nc1nc(C(F)(F)F)c(C(=O)O)s1. The van der Waals surface area contributed by atoms with Gasteiger partial charge < -0.3 is 10.4 Å². The normalized spacial score (nSPS) is 11.3. The molecule has 0 radical (unpaired) electrons. The molecule has 9 heteroatoms. The van der Waals surface area contributed by atoms with Crippen molar-refractivity contribution >= 4 is 28.3 Å². The maximum Gasteiger partial charge on any atom is 0.435 e. The highest BCUT2D eigenvalue weighted by atomic mass is 32.1. The summed E-state index contributed by atoms with van der Waals surface area (Å²) >= 11 is 0.276. The monoisotopic (exact) mass is 268 g/mol. The minimum absolute atomic E-state index is 0.0589. The molecular weight excluding hydrogens is 261 g/mol. The molecule has 0 unspecified atom stereocenters. The quantitative estimate of drug-likeness (QED) is 0.880. The number of carbonyl (C=O) groups is 2. The van der Waals surface area contributed by atoms with Crippen LogP contribution in [0.3, 0.4) is 0 Å². The van der Waals surface area contributed by atoms with E-state index in [0.29, 0.717) is 0 Å². The predicted molar refractivity (Wildman–Crippen MR) is 53.0 cm³/mol. The number of carboxylic acid groups (broad SMARTS) is 1. The third-order valence-corrected chi connectivity index (χ3v) is 2.62. The summed E-state index contributed by atoms with van der Waals surface area (Å²) in [6, 6.07) is 0. The lowest BCUT2D eigenvalue weighted by Crippen LogP contribution is -2.12. The van der Waals surface area contributed by atoms with Gasteiger partial charge in [-0.2, -0.15) is 13.2 Å². The number of hydrogen-bond acceptors (Lipinski definition) is 4. The van der Waals surface area contributed by atoms with Crippen LogP contribution in [0.15, 0.2) is 0 Å². The van der Waals surface area contributed by atoms with Crippen LogP contribution in [0.2, 0.25) is 0 Å². The fraction of sp³-hybridized carbons (Fsp3) is 0.375. The molecule has 0 saturated carbocycles. The zero-order valence-electron chi connectivity index (χ0n) is 8.46. The number of aromatic carboxylic acids is 1. The highest BCUT2D eigenvalue weighted by Crippen LogP contribution is 2.36. The molecule has 0 fully saturated rings. The van der Waals surface area contributed by atoms with Gasteiger partial charge in [-0.25, -0.2) is 9.78 Å². The first kappa shape index (κ1) is 13.4. The van der Waals surface area contributed by atoms with Crippen molar-refractivity contribution in [3.8, 4) is 0 Å². The van der Waals surface area contributed by atoms with E-state index in [0.717, 1.165) is 0 Å². The molecule has 0 aliphatic heterocycles. The minimum atomic E-state index is -4.86. The van der Waals surface area contributed by atoms with Crippen molar-refractivity contribution in [1.82, 2.24) is 4.98 Å². The number of anilines is 1. The van der Waals surface area contributed by atoms with Crippen LogP contribution in [-0.2, 0) is 11.0 Å². The highest BCUT2D eigenvalue weighted by Gasteiger charge is 2.39. The van der Waals surface area contributed by atoms with Crippen LogP contribution >= 0.6 is 11.3 Å². The van der Waals surface area contributed by atoms with Gasteiger partial charge >= 0.3 is 12.1 Å². The standard InChI is InChI=1S/C8H7F3N2O3S/c1-2-3(14)12-7-13-5(8(9,10)11)4(17-7)6(15)16/h2H2,1H3,(H,15,16)(H,12,13,14). The van der Waals surface area contributed by atoms with Crippen LogP contribution in [0.1, 0.15) is 28.7 Å². The first-order chi connectivity index (χ1) is 7.75. The Morgan fingerprint density at radius 2 is 2.06 bits per heavy atom. The number of nitrogens with zero attached hydrogens (tertiary/aromatic N) is 1. The molecular formula is C8H7F3N2O3S. The Kier molecular flexibility index (Phi) is 3.71. The second-order valence-electron chi connectivity index (χ2n) is 2.90. The zero-order chi connectivity index (χ0) is 13.2.